The molecule has 2 nitrogen and oxygen atoms in total. The zero-order chi connectivity index (χ0) is 10.3. The largest absolute Gasteiger partial charge is 0.379 e. The monoisotopic (exact) mass is 187 g/mol. The van der Waals surface area contributed by atoms with Crippen LogP contribution in [0.4, 0.5) is 0 Å². The quantitative estimate of drug-likeness (QED) is 0.661. The molecule has 0 aromatic rings. The summed E-state index contributed by atoms with van der Waals surface area (Å²) in [5.41, 5.74) is 0.0129. The lowest BCUT2D eigenvalue weighted by molar-refractivity contribution is 0.0153. The van der Waals surface area contributed by atoms with Gasteiger partial charge < -0.3 is 10.1 Å². The van der Waals surface area contributed by atoms with E-state index in [1.807, 2.05) is 0 Å². The van der Waals surface area contributed by atoms with E-state index in [-0.39, 0.29) is 5.60 Å². The molecule has 0 aliphatic rings. The van der Waals surface area contributed by atoms with Crippen LogP contribution in [0.3, 0.4) is 0 Å². The van der Waals surface area contributed by atoms with Crippen LogP contribution in [0.15, 0.2) is 0 Å². The smallest absolute Gasteiger partial charge is 0.0634 e. The third kappa shape index (κ3) is 6.05. The Hall–Kier alpha value is -0.0800. The molecule has 0 aromatic heterocycles. The number of rotatable bonds is 7. The van der Waals surface area contributed by atoms with Gasteiger partial charge in [0.1, 0.15) is 0 Å². The number of hydrogen-bond donors (Lipinski definition) is 1. The number of ether oxygens (including phenoxy) is 1. The molecule has 0 saturated heterocycles. The van der Waals surface area contributed by atoms with Crippen molar-refractivity contribution in [2.45, 2.75) is 58.6 Å². The maximum absolute atomic E-state index is 5.35. The summed E-state index contributed by atoms with van der Waals surface area (Å²) >= 11 is 0. The van der Waals surface area contributed by atoms with Crippen LogP contribution in [-0.2, 0) is 4.74 Å². The van der Waals surface area contributed by atoms with Crippen molar-refractivity contribution in [2.75, 3.05) is 13.7 Å². The molecular formula is C11H25NO. The van der Waals surface area contributed by atoms with Crippen LogP contribution in [0, 0.1) is 0 Å². The zero-order valence-corrected chi connectivity index (χ0v) is 9.81. The fraction of sp³-hybridized carbons (Fsp3) is 1.00. The fourth-order valence-electron chi connectivity index (χ4n) is 1.26. The van der Waals surface area contributed by atoms with Crippen LogP contribution in [-0.4, -0.2) is 25.3 Å². The van der Waals surface area contributed by atoms with Gasteiger partial charge in [-0.2, -0.15) is 0 Å². The lowest BCUT2D eigenvalue weighted by Gasteiger charge is -2.24. The third-order valence-electron chi connectivity index (χ3n) is 2.70. The highest BCUT2D eigenvalue weighted by Crippen LogP contribution is 2.11. The first-order valence-corrected chi connectivity index (χ1v) is 5.34. The molecule has 0 aliphatic carbocycles. The summed E-state index contributed by atoms with van der Waals surface area (Å²) in [6.07, 6.45) is 3.49. The lowest BCUT2D eigenvalue weighted by Crippen LogP contribution is -2.34. The van der Waals surface area contributed by atoms with E-state index in [1.165, 1.54) is 12.8 Å². The molecule has 2 heteroatoms. The second-order valence-electron chi connectivity index (χ2n) is 4.18. The molecular weight excluding hydrogens is 162 g/mol. The molecule has 0 amide bonds. The third-order valence-corrected chi connectivity index (χ3v) is 2.70. The van der Waals surface area contributed by atoms with E-state index < -0.39 is 0 Å². The highest BCUT2D eigenvalue weighted by atomic mass is 16.5. The highest BCUT2D eigenvalue weighted by molar-refractivity contribution is 4.71. The van der Waals surface area contributed by atoms with Crippen molar-refractivity contribution in [3.05, 3.63) is 0 Å². The molecule has 0 spiro atoms. The molecule has 0 aromatic carbocycles. The van der Waals surface area contributed by atoms with Gasteiger partial charge in [0.15, 0.2) is 0 Å². The van der Waals surface area contributed by atoms with E-state index in [1.54, 1.807) is 7.11 Å². The molecule has 0 unspecified atom stereocenters. The minimum atomic E-state index is 0.0129. The average molecular weight is 187 g/mol. The van der Waals surface area contributed by atoms with Gasteiger partial charge in [-0.1, -0.05) is 13.8 Å². The summed E-state index contributed by atoms with van der Waals surface area (Å²) < 4.78 is 5.35. The molecule has 0 radical (unpaired) electrons. The first-order valence-electron chi connectivity index (χ1n) is 5.34. The Morgan fingerprint density at radius 1 is 1.23 bits per heavy atom. The topological polar surface area (TPSA) is 21.3 Å². The SMILES string of the molecule is CCC(CC)NCCC(C)(C)OC. The van der Waals surface area contributed by atoms with Crippen LogP contribution < -0.4 is 5.32 Å². The van der Waals surface area contributed by atoms with Crippen LogP contribution in [0.5, 0.6) is 0 Å². The standard InChI is InChI=1S/C11H25NO/c1-6-10(7-2)12-9-8-11(3,4)13-5/h10,12H,6-9H2,1-5H3. The van der Waals surface area contributed by atoms with Crippen molar-refractivity contribution in [1.82, 2.24) is 5.32 Å². The Morgan fingerprint density at radius 2 is 1.77 bits per heavy atom. The normalized spacial score (nSPS) is 12.5. The van der Waals surface area contributed by atoms with Crippen LogP contribution in [0.1, 0.15) is 47.0 Å². The minimum absolute atomic E-state index is 0.0129. The van der Waals surface area contributed by atoms with Crippen molar-refractivity contribution in [2.24, 2.45) is 0 Å². The van der Waals surface area contributed by atoms with Crippen molar-refractivity contribution in [3.63, 3.8) is 0 Å². The zero-order valence-electron chi connectivity index (χ0n) is 9.81. The molecule has 0 aliphatic heterocycles. The van der Waals surface area contributed by atoms with Gasteiger partial charge in [0, 0.05) is 13.2 Å². The first kappa shape index (κ1) is 12.9. The molecule has 0 rings (SSSR count). The predicted molar refractivity (Wildman–Crippen MR) is 58.1 cm³/mol. The number of methoxy groups -OCH3 is 1. The van der Waals surface area contributed by atoms with Gasteiger partial charge in [-0.15, -0.1) is 0 Å². The van der Waals surface area contributed by atoms with E-state index in [0.717, 1.165) is 13.0 Å². The van der Waals surface area contributed by atoms with Crippen LogP contribution in [0.25, 0.3) is 0 Å². The average Bonchev–Trinajstić information content (AvgIpc) is 2.12. The molecule has 1 N–H and O–H groups in total. The van der Waals surface area contributed by atoms with Crippen LogP contribution in [0.2, 0.25) is 0 Å². The van der Waals surface area contributed by atoms with E-state index in [2.05, 4.69) is 33.0 Å². The van der Waals surface area contributed by atoms with Gasteiger partial charge in [0.25, 0.3) is 0 Å². The van der Waals surface area contributed by atoms with Gasteiger partial charge >= 0.3 is 0 Å². The maximum atomic E-state index is 5.35. The van der Waals surface area contributed by atoms with Crippen molar-refractivity contribution >= 4 is 0 Å². The molecule has 0 saturated carbocycles. The second kappa shape index (κ2) is 6.39. The molecule has 80 valence electrons. The van der Waals surface area contributed by atoms with Crippen LogP contribution >= 0.6 is 0 Å². The van der Waals surface area contributed by atoms with E-state index in [9.17, 15) is 0 Å². The first-order chi connectivity index (χ1) is 6.05. The molecule has 0 fully saturated rings. The Morgan fingerprint density at radius 3 is 2.15 bits per heavy atom. The number of hydrogen-bond acceptors (Lipinski definition) is 2. The maximum Gasteiger partial charge on any atom is 0.0634 e. The van der Waals surface area contributed by atoms with Gasteiger partial charge in [-0.3, -0.25) is 0 Å². The van der Waals surface area contributed by atoms with Gasteiger partial charge in [-0.05, 0) is 39.7 Å². The summed E-state index contributed by atoms with van der Waals surface area (Å²) in [5.74, 6) is 0. The summed E-state index contributed by atoms with van der Waals surface area (Å²) in [6, 6.07) is 0.674. The van der Waals surface area contributed by atoms with Gasteiger partial charge in [0.05, 0.1) is 5.60 Å². The molecule has 13 heavy (non-hydrogen) atoms. The summed E-state index contributed by atoms with van der Waals surface area (Å²) in [7, 11) is 1.77. The summed E-state index contributed by atoms with van der Waals surface area (Å²) in [5, 5.41) is 3.53. The molecule has 0 atom stereocenters. The minimum Gasteiger partial charge on any atom is -0.379 e. The summed E-state index contributed by atoms with van der Waals surface area (Å²) in [4.78, 5) is 0. The summed E-state index contributed by atoms with van der Waals surface area (Å²) in [6.45, 7) is 9.75. The Labute approximate surface area is 83.1 Å². The molecule has 0 heterocycles. The second-order valence-corrected chi connectivity index (χ2v) is 4.18. The molecule has 0 bridgehead atoms. The van der Waals surface area contributed by atoms with E-state index in [4.69, 9.17) is 4.74 Å². The number of nitrogens with one attached hydrogen (secondary N) is 1. The predicted octanol–water partition coefficient (Wildman–Crippen LogP) is 2.58. The van der Waals surface area contributed by atoms with Gasteiger partial charge in [-0.25, -0.2) is 0 Å². The highest BCUT2D eigenvalue weighted by Gasteiger charge is 2.15. The Balaban J connectivity index is 3.54. The van der Waals surface area contributed by atoms with Crippen molar-refractivity contribution < 1.29 is 4.74 Å². The Bertz CT molecular complexity index is 119. The van der Waals surface area contributed by atoms with Gasteiger partial charge in [0.2, 0.25) is 0 Å². The van der Waals surface area contributed by atoms with E-state index >= 15 is 0 Å². The fourth-order valence-corrected chi connectivity index (χ4v) is 1.26. The lowest BCUT2D eigenvalue weighted by atomic mass is 10.0. The van der Waals surface area contributed by atoms with Crippen molar-refractivity contribution in [3.8, 4) is 0 Å². The Kier molecular flexibility index (Phi) is 6.35. The van der Waals surface area contributed by atoms with E-state index in [0.29, 0.717) is 6.04 Å². The van der Waals surface area contributed by atoms with Crippen molar-refractivity contribution in [1.29, 1.82) is 0 Å².